The summed E-state index contributed by atoms with van der Waals surface area (Å²) in [6.45, 7) is 5.44. The zero-order valence-corrected chi connectivity index (χ0v) is 14.3. The van der Waals surface area contributed by atoms with Gasteiger partial charge in [-0.2, -0.15) is 0 Å². The third-order valence-electron chi connectivity index (χ3n) is 3.79. The van der Waals surface area contributed by atoms with E-state index in [-0.39, 0.29) is 6.54 Å². The van der Waals surface area contributed by atoms with E-state index in [0.717, 1.165) is 0 Å². The Morgan fingerprint density at radius 1 is 1.29 bits per heavy atom. The molecule has 1 aromatic rings. The molecule has 0 radical (unpaired) electrons. The van der Waals surface area contributed by atoms with Gasteiger partial charge in [-0.15, -0.1) is 0 Å². The van der Waals surface area contributed by atoms with Crippen LogP contribution in [0.5, 0.6) is 0 Å². The number of hydrogen-bond donors (Lipinski definition) is 1. The van der Waals surface area contributed by atoms with Gasteiger partial charge in [-0.25, -0.2) is 9.18 Å². The van der Waals surface area contributed by atoms with Crippen molar-refractivity contribution in [1.82, 2.24) is 4.90 Å². The molecule has 132 valence electrons. The Morgan fingerprint density at radius 3 is 2.42 bits per heavy atom. The first-order valence-electron chi connectivity index (χ1n) is 7.81. The fourth-order valence-electron chi connectivity index (χ4n) is 2.59. The van der Waals surface area contributed by atoms with Gasteiger partial charge in [0.1, 0.15) is 17.5 Å². The second-order valence-corrected chi connectivity index (χ2v) is 6.85. The Morgan fingerprint density at radius 2 is 1.88 bits per heavy atom. The van der Waals surface area contributed by atoms with E-state index < -0.39 is 35.6 Å². The highest BCUT2D eigenvalue weighted by atomic mass is 19.1. The fourth-order valence-corrected chi connectivity index (χ4v) is 2.59. The molecule has 1 aliphatic heterocycles. The van der Waals surface area contributed by atoms with Gasteiger partial charge in [-0.05, 0) is 51.5 Å². The molecule has 6 nitrogen and oxygen atoms in total. The number of nitrogens with zero attached hydrogens (tertiary/aromatic N) is 2. The van der Waals surface area contributed by atoms with Crippen molar-refractivity contribution in [2.75, 3.05) is 18.5 Å². The number of aliphatic hydroxyl groups is 1. The zero-order valence-electron chi connectivity index (χ0n) is 14.3. The van der Waals surface area contributed by atoms with Gasteiger partial charge >= 0.3 is 6.09 Å². The molecule has 1 fully saturated rings. The quantitative estimate of drug-likeness (QED) is 0.897. The van der Waals surface area contributed by atoms with Crippen LogP contribution in [0, 0.1) is 5.82 Å². The molecule has 0 aliphatic carbocycles. The Labute approximate surface area is 140 Å². The van der Waals surface area contributed by atoms with Crippen LogP contribution < -0.4 is 4.90 Å². The largest absolute Gasteiger partial charge is 0.444 e. The molecule has 1 heterocycles. The third-order valence-corrected chi connectivity index (χ3v) is 3.79. The molecule has 2 atom stereocenters. The molecule has 1 N–H and O–H groups in total. The first-order valence-corrected chi connectivity index (χ1v) is 7.81. The second kappa shape index (κ2) is 6.76. The molecule has 24 heavy (non-hydrogen) atoms. The normalized spacial score (nSPS) is 20.8. The standard InChI is InChI=1S/C17H23FN2O4/c1-17(2,3)24-16(23)20-10-9-13(21)14(20)15(22)19(4)12-7-5-11(18)6-8-12/h5-8,13-14,21H,9-10H2,1-4H3/t13-,14+/m1/s1. The molecule has 2 amide bonds. The van der Waals surface area contributed by atoms with Crippen molar-refractivity contribution in [2.24, 2.45) is 0 Å². The minimum atomic E-state index is -1.02. The van der Waals surface area contributed by atoms with Gasteiger partial charge in [0, 0.05) is 19.3 Å². The number of halogens is 1. The van der Waals surface area contributed by atoms with E-state index >= 15 is 0 Å². The van der Waals surface area contributed by atoms with Crippen LogP contribution in [0.25, 0.3) is 0 Å². The number of carbonyl (C=O) groups is 2. The van der Waals surface area contributed by atoms with Gasteiger partial charge in [0.15, 0.2) is 0 Å². The average Bonchev–Trinajstić information content (AvgIpc) is 2.86. The summed E-state index contributed by atoms with van der Waals surface area (Å²) in [7, 11) is 1.52. The molecular formula is C17H23FN2O4. The molecule has 1 saturated heterocycles. The van der Waals surface area contributed by atoms with Crippen LogP contribution in [0.1, 0.15) is 27.2 Å². The third kappa shape index (κ3) is 4.03. The summed E-state index contributed by atoms with van der Waals surface area (Å²) in [6, 6.07) is 4.40. The number of likely N-dealkylation sites (tertiary alicyclic amines) is 1. The van der Waals surface area contributed by atoms with E-state index in [0.29, 0.717) is 12.1 Å². The minimum Gasteiger partial charge on any atom is -0.444 e. The van der Waals surface area contributed by atoms with E-state index in [9.17, 15) is 19.1 Å². The van der Waals surface area contributed by atoms with Gasteiger partial charge in [-0.3, -0.25) is 9.69 Å². The predicted molar refractivity (Wildman–Crippen MR) is 87.2 cm³/mol. The van der Waals surface area contributed by atoms with Crippen molar-refractivity contribution in [2.45, 2.75) is 44.9 Å². The molecule has 0 unspecified atom stereocenters. The number of benzene rings is 1. The second-order valence-electron chi connectivity index (χ2n) is 6.85. The van der Waals surface area contributed by atoms with Gasteiger partial charge in [0.2, 0.25) is 0 Å². The fraction of sp³-hybridized carbons (Fsp3) is 0.529. The number of carbonyl (C=O) groups excluding carboxylic acids is 2. The average molecular weight is 338 g/mol. The number of anilines is 1. The molecule has 1 aromatic carbocycles. The Balaban J connectivity index is 2.18. The summed E-state index contributed by atoms with van der Waals surface area (Å²) >= 11 is 0. The number of rotatable bonds is 2. The van der Waals surface area contributed by atoms with Crippen molar-refractivity contribution in [3.63, 3.8) is 0 Å². The molecule has 0 spiro atoms. The minimum absolute atomic E-state index is 0.240. The van der Waals surface area contributed by atoms with Gasteiger partial charge in [0.05, 0.1) is 6.10 Å². The van der Waals surface area contributed by atoms with Crippen LogP contribution in [0.2, 0.25) is 0 Å². The highest BCUT2D eigenvalue weighted by Crippen LogP contribution is 2.25. The van der Waals surface area contributed by atoms with E-state index in [2.05, 4.69) is 0 Å². The van der Waals surface area contributed by atoms with Crippen LogP contribution in [-0.4, -0.2) is 53.3 Å². The SMILES string of the molecule is CN(C(=O)[C@@H]1[C@H](O)CCN1C(=O)OC(C)(C)C)c1ccc(F)cc1. The summed E-state index contributed by atoms with van der Waals surface area (Å²) in [5.74, 6) is -0.853. The number of hydrogen-bond acceptors (Lipinski definition) is 4. The first kappa shape index (κ1) is 18.2. The zero-order chi connectivity index (χ0) is 18.1. The van der Waals surface area contributed by atoms with Crippen molar-refractivity contribution >= 4 is 17.7 Å². The molecule has 0 saturated carbocycles. The van der Waals surface area contributed by atoms with Crippen LogP contribution >= 0.6 is 0 Å². The number of amides is 2. The van der Waals surface area contributed by atoms with Crippen molar-refractivity contribution in [1.29, 1.82) is 0 Å². The number of ether oxygens (including phenoxy) is 1. The van der Waals surface area contributed by atoms with Crippen molar-refractivity contribution in [3.8, 4) is 0 Å². The summed E-state index contributed by atoms with van der Waals surface area (Å²) < 4.78 is 18.3. The lowest BCUT2D eigenvalue weighted by molar-refractivity contribution is -0.125. The summed E-state index contributed by atoms with van der Waals surface area (Å²) in [4.78, 5) is 27.6. The van der Waals surface area contributed by atoms with E-state index in [1.54, 1.807) is 20.8 Å². The maximum absolute atomic E-state index is 13.0. The highest BCUT2D eigenvalue weighted by Gasteiger charge is 2.44. The topological polar surface area (TPSA) is 70.1 Å². The maximum Gasteiger partial charge on any atom is 0.411 e. The van der Waals surface area contributed by atoms with Crippen LogP contribution in [0.4, 0.5) is 14.9 Å². The van der Waals surface area contributed by atoms with Crippen molar-refractivity contribution in [3.05, 3.63) is 30.1 Å². The number of aliphatic hydroxyl groups excluding tert-OH is 1. The van der Waals surface area contributed by atoms with Gasteiger partial charge in [0.25, 0.3) is 5.91 Å². The van der Waals surface area contributed by atoms with Crippen LogP contribution in [-0.2, 0) is 9.53 Å². The summed E-state index contributed by atoms with van der Waals surface area (Å²) in [5, 5.41) is 10.2. The van der Waals surface area contributed by atoms with Gasteiger partial charge < -0.3 is 14.7 Å². The van der Waals surface area contributed by atoms with Gasteiger partial charge in [-0.1, -0.05) is 0 Å². The summed E-state index contributed by atoms with van der Waals surface area (Å²) in [6.07, 6.45) is -1.30. The smallest absolute Gasteiger partial charge is 0.411 e. The number of likely N-dealkylation sites (N-methyl/N-ethyl adjacent to an activating group) is 1. The lowest BCUT2D eigenvalue weighted by Gasteiger charge is -2.31. The Hall–Kier alpha value is -2.15. The first-order chi connectivity index (χ1) is 11.1. The lowest BCUT2D eigenvalue weighted by atomic mass is 10.1. The molecule has 1 aliphatic rings. The summed E-state index contributed by atoms with van der Waals surface area (Å²) in [5.41, 5.74) is -0.217. The molecule has 0 bridgehead atoms. The lowest BCUT2D eigenvalue weighted by Crippen LogP contribution is -2.51. The Kier molecular flexibility index (Phi) is 5.13. The van der Waals surface area contributed by atoms with Crippen LogP contribution in [0.3, 0.4) is 0 Å². The maximum atomic E-state index is 13.0. The molecule has 7 heteroatoms. The van der Waals surface area contributed by atoms with E-state index in [1.807, 2.05) is 0 Å². The predicted octanol–water partition coefficient (Wildman–Crippen LogP) is 2.16. The highest BCUT2D eigenvalue weighted by molar-refractivity contribution is 5.99. The molecular weight excluding hydrogens is 315 g/mol. The monoisotopic (exact) mass is 338 g/mol. The van der Waals surface area contributed by atoms with E-state index in [4.69, 9.17) is 4.74 Å². The van der Waals surface area contributed by atoms with E-state index in [1.165, 1.54) is 41.1 Å². The van der Waals surface area contributed by atoms with Crippen LogP contribution in [0.15, 0.2) is 24.3 Å². The van der Waals surface area contributed by atoms with Crippen molar-refractivity contribution < 1.29 is 23.8 Å². The molecule has 2 rings (SSSR count). The molecule has 0 aromatic heterocycles. The Bertz CT molecular complexity index is 612.